The lowest BCUT2D eigenvalue weighted by Crippen LogP contribution is -1.77. The maximum absolute atomic E-state index is 8.04. The third-order valence-electron chi connectivity index (χ3n) is 0.846. The Bertz CT molecular complexity index is 80.0. The zero-order valence-electron chi connectivity index (χ0n) is 3.44. The second-order valence-corrected chi connectivity index (χ2v) is 2.86. The second-order valence-electron chi connectivity index (χ2n) is 1.53. The molecule has 0 spiro atoms. The molecule has 1 fully saturated rings. The molecule has 0 N–H and O–H groups in total. The van der Waals surface area contributed by atoms with Gasteiger partial charge in [-0.1, -0.05) is 12.8 Å². The Kier molecular flexibility index (Phi) is 0.930. The number of hydrogen-bond acceptors (Lipinski definition) is 1. The van der Waals surface area contributed by atoms with Crippen LogP contribution in [0.2, 0.25) is 5.54 Å². The quantitative estimate of drug-likeness (QED) is 0.441. The van der Waals surface area contributed by atoms with E-state index in [0.29, 0.717) is 9.52 Å². The van der Waals surface area contributed by atoms with E-state index in [1.165, 1.54) is 12.8 Å². The van der Waals surface area contributed by atoms with Crippen molar-refractivity contribution in [3.63, 3.8) is 0 Å². The average Bonchev–Trinajstić information content (AvgIpc) is 2.21. The Balaban J connectivity index is 2.05. The van der Waals surface area contributed by atoms with E-state index in [2.05, 4.69) is 5.69 Å². The second kappa shape index (κ2) is 1.44. The molecule has 0 saturated heterocycles. The Labute approximate surface area is 39.8 Å². The number of nitriles is 1. The first-order valence-electron chi connectivity index (χ1n) is 2.08. The minimum absolute atomic E-state index is 0.588. The topological polar surface area (TPSA) is 23.8 Å². The standard InChI is InChI=1S/C4H5NSi/c5-3-6-4-1-2-4/h4H,1-2H2. The summed E-state index contributed by atoms with van der Waals surface area (Å²) in [6.07, 6.45) is 2.62. The molecule has 0 amide bonds. The van der Waals surface area contributed by atoms with Gasteiger partial charge < -0.3 is 0 Å². The Hall–Kier alpha value is -0.293. The lowest BCUT2D eigenvalue weighted by molar-refractivity contribution is 1.44. The van der Waals surface area contributed by atoms with Crippen LogP contribution in [0, 0.1) is 11.0 Å². The van der Waals surface area contributed by atoms with Gasteiger partial charge in [-0.3, -0.25) is 0 Å². The summed E-state index contributed by atoms with van der Waals surface area (Å²) in [6.45, 7) is 0. The van der Waals surface area contributed by atoms with E-state index in [-0.39, 0.29) is 0 Å². The number of nitrogens with zero attached hydrogens (tertiary/aromatic N) is 1. The van der Waals surface area contributed by atoms with Gasteiger partial charge in [0.1, 0.15) is 0 Å². The molecule has 1 saturated carbocycles. The highest BCUT2D eigenvalue weighted by molar-refractivity contribution is 6.47. The fourth-order valence-electron chi connectivity index (χ4n) is 0.319. The van der Waals surface area contributed by atoms with Gasteiger partial charge in [0.25, 0.3) is 0 Å². The highest BCUT2D eigenvalue weighted by atomic mass is 28.2. The van der Waals surface area contributed by atoms with Crippen molar-refractivity contribution in [3.05, 3.63) is 0 Å². The number of hydrogen-bond donors (Lipinski definition) is 0. The van der Waals surface area contributed by atoms with Crippen LogP contribution in [0.1, 0.15) is 12.8 Å². The van der Waals surface area contributed by atoms with Crippen molar-refractivity contribution in [3.8, 4) is 5.69 Å². The molecule has 6 heavy (non-hydrogen) atoms. The van der Waals surface area contributed by atoms with Crippen LogP contribution in [0.15, 0.2) is 0 Å². The van der Waals surface area contributed by atoms with Crippen LogP contribution in [0.5, 0.6) is 0 Å². The Morgan fingerprint density at radius 2 is 2.33 bits per heavy atom. The van der Waals surface area contributed by atoms with E-state index in [0.717, 1.165) is 5.54 Å². The molecular formula is C4H5NSi. The van der Waals surface area contributed by atoms with Gasteiger partial charge in [-0.15, -0.1) is 0 Å². The lowest BCUT2D eigenvalue weighted by atomic mass is 11.0. The summed E-state index contributed by atoms with van der Waals surface area (Å²) in [5, 5.41) is 8.04. The first-order chi connectivity index (χ1) is 2.93. The SMILES string of the molecule is N#C[Si]C1CC1. The molecule has 0 aromatic rings. The molecule has 0 aromatic heterocycles. The van der Waals surface area contributed by atoms with Crippen LogP contribution in [0.25, 0.3) is 0 Å². The third-order valence-corrected chi connectivity index (χ3v) is 1.96. The summed E-state index contributed by atoms with van der Waals surface area (Å²) in [5.74, 6) is 0. The van der Waals surface area contributed by atoms with Crippen LogP contribution < -0.4 is 0 Å². The van der Waals surface area contributed by atoms with E-state index in [1.807, 2.05) is 0 Å². The zero-order chi connectivity index (χ0) is 4.41. The first kappa shape index (κ1) is 3.88. The minimum Gasteiger partial charge on any atom is -0.207 e. The maximum Gasteiger partial charge on any atom is 0.190 e. The fraction of sp³-hybridized carbons (Fsp3) is 0.750. The van der Waals surface area contributed by atoms with Crippen LogP contribution >= 0.6 is 0 Å². The highest BCUT2D eigenvalue weighted by Gasteiger charge is 2.21. The minimum atomic E-state index is 0.588. The molecule has 0 aromatic carbocycles. The van der Waals surface area contributed by atoms with E-state index in [4.69, 9.17) is 5.26 Å². The summed E-state index contributed by atoms with van der Waals surface area (Å²) in [4.78, 5) is 0. The molecule has 2 heteroatoms. The summed E-state index contributed by atoms with van der Waals surface area (Å²) in [7, 11) is 0.588. The summed E-state index contributed by atoms with van der Waals surface area (Å²) >= 11 is 0. The molecule has 30 valence electrons. The molecule has 0 unspecified atom stereocenters. The third kappa shape index (κ3) is 0.834. The summed E-state index contributed by atoms with van der Waals surface area (Å²) in [6, 6.07) is 0. The fourth-order valence-corrected chi connectivity index (χ4v) is 0.957. The normalized spacial score (nSPS) is 19.8. The van der Waals surface area contributed by atoms with E-state index in [1.54, 1.807) is 0 Å². The average molecular weight is 95.2 g/mol. The predicted molar refractivity (Wildman–Crippen MR) is 24.4 cm³/mol. The summed E-state index contributed by atoms with van der Waals surface area (Å²) < 4.78 is 0. The Morgan fingerprint density at radius 3 is 2.50 bits per heavy atom. The molecule has 1 nitrogen and oxygen atoms in total. The van der Waals surface area contributed by atoms with Gasteiger partial charge in [0.15, 0.2) is 9.52 Å². The van der Waals surface area contributed by atoms with Crippen LogP contribution in [0.4, 0.5) is 0 Å². The molecule has 1 aliphatic rings. The molecule has 1 aliphatic carbocycles. The van der Waals surface area contributed by atoms with Crippen molar-refractivity contribution >= 4 is 9.52 Å². The van der Waals surface area contributed by atoms with Crippen molar-refractivity contribution in [1.29, 1.82) is 5.26 Å². The van der Waals surface area contributed by atoms with Gasteiger partial charge in [-0.25, -0.2) is 5.26 Å². The van der Waals surface area contributed by atoms with Crippen LogP contribution in [-0.4, -0.2) is 9.52 Å². The maximum atomic E-state index is 8.04. The van der Waals surface area contributed by atoms with E-state index < -0.39 is 0 Å². The van der Waals surface area contributed by atoms with Gasteiger partial charge >= 0.3 is 0 Å². The van der Waals surface area contributed by atoms with Crippen molar-refractivity contribution in [2.24, 2.45) is 0 Å². The summed E-state index contributed by atoms with van der Waals surface area (Å²) in [5.41, 5.74) is 2.97. The predicted octanol–water partition coefficient (Wildman–Crippen LogP) is 0.754. The zero-order valence-corrected chi connectivity index (χ0v) is 4.44. The molecule has 2 radical (unpaired) electrons. The van der Waals surface area contributed by atoms with Gasteiger partial charge in [0.2, 0.25) is 0 Å². The highest BCUT2D eigenvalue weighted by Crippen LogP contribution is 2.34. The molecule has 0 aliphatic heterocycles. The first-order valence-corrected chi connectivity index (χ1v) is 3.16. The largest absolute Gasteiger partial charge is 0.207 e. The van der Waals surface area contributed by atoms with Crippen molar-refractivity contribution < 1.29 is 0 Å². The van der Waals surface area contributed by atoms with Gasteiger partial charge in [0.05, 0.1) is 0 Å². The number of rotatable bonds is 1. The van der Waals surface area contributed by atoms with Crippen molar-refractivity contribution in [2.45, 2.75) is 18.4 Å². The molecule has 0 bridgehead atoms. The van der Waals surface area contributed by atoms with Gasteiger partial charge in [0, 0.05) is 5.69 Å². The monoisotopic (exact) mass is 95.0 g/mol. The van der Waals surface area contributed by atoms with Crippen molar-refractivity contribution in [1.82, 2.24) is 0 Å². The van der Waals surface area contributed by atoms with Crippen molar-refractivity contribution in [2.75, 3.05) is 0 Å². The molecule has 1 rings (SSSR count). The van der Waals surface area contributed by atoms with Gasteiger partial charge in [-0.05, 0) is 5.54 Å². The lowest BCUT2D eigenvalue weighted by Gasteiger charge is -1.66. The van der Waals surface area contributed by atoms with Crippen LogP contribution in [-0.2, 0) is 0 Å². The molecule has 0 atom stereocenters. The molecule has 0 heterocycles. The smallest absolute Gasteiger partial charge is 0.190 e. The van der Waals surface area contributed by atoms with E-state index >= 15 is 0 Å². The Morgan fingerprint density at radius 1 is 1.67 bits per heavy atom. The van der Waals surface area contributed by atoms with Crippen LogP contribution in [0.3, 0.4) is 0 Å². The molecular weight excluding hydrogens is 90.1 g/mol. The van der Waals surface area contributed by atoms with Gasteiger partial charge in [-0.2, -0.15) is 0 Å². The van der Waals surface area contributed by atoms with E-state index in [9.17, 15) is 0 Å².